The van der Waals surface area contributed by atoms with Gasteiger partial charge in [-0.2, -0.15) is 0 Å². The number of aromatic nitrogens is 2. The molecule has 11 heteroatoms. The Balaban J connectivity index is 2.33. The Hall–Kier alpha value is -1.62. The van der Waals surface area contributed by atoms with Crippen molar-refractivity contribution in [3.8, 4) is 0 Å². The third-order valence-corrected chi connectivity index (χ3v) is 7.07. The zero-order valence-corrected chi connectivity index (χ0v) is 18.9. The summed E-state index contributed by atoms with van der Waals surface area (Å²) in [5, 5.41) is 11.3. The van der Waals surface area contributed by atoms with Crippen molar-refractivity contribution in [3.05, 3.63) is 41.4 Å². The number of halogens is 1. The van der Waals surface area contributed by atoms with Gasteiger partial charge in [0, 0.05) is 10.8 Å². The minimum Gasteiger partial charge on any atom is -0.299 e. The van der Waals surface area contributed by atoms with Gasteiger partial charge in [-0.25, -0.2) is 8.42 Å². The van der Waals surface area contributed by atoms with Crippen molar-refractivity contribution in [2.75, 3.05) is 21.6 Å². The van der Waals surface area contributed by atoms with Gasteiger partial charge in [-0.3, -0.25) is 14.4 Å². The van der Waals surface area contributed by atoms with Crippen LogP contribution >= 0.6 is 34.7 Å². The third-order valence-electron chi connectivity index (χ3n) is 3.70. The van der Waals surface area contributed by atoms with E-state index in [0.29, 0.717) is 31.5 Å². The topological polar surface area (TPSA) is 92.3 Å². The minimum absolute atomic E-state index is 0.266. The van der Waals surface area contributed by atoms with Crippen LogP contribution in [0.4, 0.5) is 10.8 Å². The van der Waals surface area contributed by atoms with Crippen LogP contribution in [0, 0.1) is 6.92 Å². The summed E-state index contributed by atoms with van der Waals surface area (Å²) < 4.78 is 26.9. The summed E-state index contributed by atoms with van der Waals surface area (Å²) in [6.07, 6.45) is 3.08. The maximum atomic E-state index is 12.9. The van der Waals surface area contributed by atoms with E-state index >= 15 is 0 Å². The highest BCUT2D eigenvalue weighted by Crippen LogP contribution is 2.30. The van der Waals surface area contributed by atoms with Gasteiger partial charge < -0.3 is 0 Å². The van der Waals surface area contributed by atoms with E-state index in [-0.39, 0.29) is 6.42 Å². The molecule has 0 aliphatic heterocycles. The van der Waals surface area contributed by atoms with E-state index in [1.54, 1.807) is 38.1 Å². The van der Waals surface area contributed by atoms with Crippen LogP contribution < -0.4 is 9.62 Å². The summed E-state index contributed by atoms with van der Waals surface area (Å²) in [5.74, 6) is 0.194. The molecule has 0 aliphatic rings. The lowest BCUT2D eigenvalue weighted by atomic mass is 10.1. The molecule has 152 valence electrons. The predicted molar refractivity (Wildman–Crippen MR) is 117 cm³/mol. The molecule has 0 saturated carbocycles. The lowest BCUT2D eigenvalue weighted by Crippen LogP contribution is -2.47. The van der Waals surface area contributed by atoms with Crippen LogP contribution in [0.25, 0.3) is 0 Å². The molecule has 1 heterocycles. The number of nitrogens with zero attached hydrogens (tertiary/aromatic N) is 3. The van der Waals surface area contributed by atoms with E-state index < -0.39 is 22.0 Å². The molecule has 0 bridgehead atoms. The monoisotopic (exact) mass is 460 g/mol. The van der Waals surface area contributed by atoms with E-state index in [2.05, 4.69) is 22.1 Å². The minimum atomic E-state index is -3.75. The molecular formula is C17H21ClN4O3S3. The molecular weight excluding hydrogens is 440 g/mol. The second kappa shape index (κ2) is 9.73. The Bertz CT molecular complexity index is 962. The molecule has 2 aromatic rings. The fourth-order valence-corrected chi connectivity index (χ4v) is 5.44. The van der Waals surface area contributed by atoms with E-state index in [1.807, 2.05) is 0 Å². The zero-order chi connectivity index (χ0) is 20.9. The van der Waals surface area contributed by atoms with Crippen molar-refractivity contribution in [2.45, 2.75) is 30.6 Å². The Labute approximate surface area is 178 Å². The van der Waals surface area contributed by atoms with Gasteiger partial charge in [0.2, 0.25) is 21.1 Å². The fourth-order valence-electron chi connectivity index (χ4n) is 2.49. The van der Waals surface area contributed by atoms with Crippen molar-refractivity contribution < 1.29 is 13.2 Å². The Kier molecular flexibility index (Phi) is 7.87. The lowest BCUT2D eigenvalue weighted by Gasteiger charge is -2.31. The van der Waals surface area contributed by atoms with Crippen molar-refractivity contribution >= 4 is 61.4 Å². The highest BCUT2D eigenvalue weighted by Gasteiger charge is 2.33. The molecule has 0 aliphatic carbocycles. The first-order valence-electron chi connectivity index (χ1n) is 8.31. The number of sulfonamides is 1. The van der Waals surface area contributed by atoms with Gasteiger partial charge in [0.1, 0.15) is 6.04 Å². The number of benzene rings is 1. The molecule has 0 unspecified atom stereocenters. The number of anilines is 2. The maximum absolute atomic E-state index is 12.9. The number of hydrogen-bond acceptors (Lipinski definition) is 7. The molecule has 1 aromatic carbocycles. The van der Waals surface area contributed by atoms with E-state index in [4.69, 9.17) is 11.6 Å². The molecule has 0 fully saturated rings. The number of carbonyl (C=O) groups is 1. The first-order chi connectivity index (χ1) is 13.2. The number of carbonyl (C=O) groups excluding carboxylic acids is 1. The van der Waals surface area contributed by atoms with Gasteiger partial charge in [-0.1, -0.05) is 53.8 Å². The summed E-state index contributed by atoms with van der Waals surface area (Å²) >= 11 is 8.73. The molecule has 1 amide bonds. The normalized spacial score (nSPS) is 12.4. The molecule has 7 nitrogen and oxygen atoms in total. The zero-order valence-electron chi connectivity index (χ0n) is 15.7. The smallest absolute Gasteiger partial charge is 0.250 e. The first kappa shape index (κ1) is 22.7. The summed E-state index contributed by atoms with van der Waals surface area (Å²) in [6.45, 7) is 7.15. The fraction of sp³-hybridized carbons (Fsp3) is 0.353. The summed E-state index contributed by atoms with van der Waals surface area (Å²) in [7, 11) is -3.75. The van der Waals surface area contributed by atoms with Crippen molar-refractivity contribution in [2.24, 2.45) is 0 Å². The van der Waals surface area contributed by atoms with E-state index in [9.17, 15) is 13.2 Å². The van der Waals surface area contributed by atoms with Crippen LogP contribution in [0.2, 0.25) is 5.02 Å². The predicted octanol–water partition coefficient (Wildman–Crippen LogP) is 3.96. The Morgan fingerprint density at radius 1 is 1.46 bits per heavy atom. The molecule has 1 aromatic heterocycles. The number of rotatable bonds is 9. The Morgan fingerprint density at radius 3 is 2.79 bits per heavy atom. The lowest BCUT2D eigenvalue weighted by molar-refractivity contribution is -0.117. The first-order valence-corrected chi connectivity index (χ1v) is 12.3. The molecule has 28 heavy (non-hydrogen) atoms. The van der Waals surface area contributed by atoms with Gasteiger partial charge in [-0.05, 0) is 31.0 Å². The van der Waals surface area contributed by atoms with Crippen LogP contribution in [-0.4, -0.2) is 42.6 Å². The van der Waals surface area contributed by atoms with Gasteiger partial charge in [0.25, 0.3) is 0 Å². The summed E-state index contributed by atoms with van der Waals surface area (Å²) in [4.78, 5) is 12.9. The third kappa shape index (κ3) is 5.69. The van der Waals surface area contributed by atoms with Gasteiger partial charge in [0.15, 0.2) is 4.34 Å². The number of thioether (sulfide) groups is 1. The van der Waals surface area contributed by atoms with Gasteiger partial charge in [-0.15, -0.1) is 16.8 Å². The number of aryl methyl sites for hydroxylation is 1. The highest BCUT2D eigenvalue weighted by atomic mass is 35.5. The number of hydrogen-bond donors (Lipinski definition) is 1. The standard InChI is InChI=1S/C17H21ClN4O3S3/c1-5-9-26-17-21-20-16(27-17)19-15(23)13(6-2)22(28(4,24)25)14-10-12(18)8-7-11(14)3/h5,7-8,10,13H,1,6,9H2,2-4H3,(H,19,20,23)/t13-/m1/s1. The van der Waals surface area contributed by atoms with Crippen LogP contribution in [0.1, 0.15) is 18.9 Å². The summed E-state index contributed by atoms with van der Waals surface area (Å²) in [5.41, 5.74) is 1.07. The molecule has 0 radical (unpaired) electrons. The maximum Gasteiger partial charge on any atom is 0.250 e. The average molecular weight is 461 g/mol. The van der Waals surface area contributed by atoms with Crippen molar-refractivity contribution in [1.82, 2.24) is 10.2 Å². The average Bonchev–Trinajstić information content (AvgIpc) is 3.06. The van der Waals surface area contributed by atoms with E-state index in [0.717, 1.165) is 10.6 Å². The van der Waals surface area contributed by atoms with Crippen molar-refractivity contribution in [1.29, 1.82) is 0 Å². The second-order valence-electron chi connectivity index (χ2n) is 5.88. The van der Waals surface area contributed by atoms with Gasteiger partial charge >= 0.3 is 0 Å². The number of amides is 1. The van der Waals surface area contributed by atoms with Gasteiger partial charge in [0.05, 0.1) is 11.9 Å². The molecule has 1 atom stereocenters. The van der Waals surface area contributed by atoms with Crippen LogP contribution in [-0.2, 0) is 14.8 Å². The van der Waals surface area contributed by atoms with Crippen LogP contribution in [0.5, 0.6) is 0 Å². The molecule has 0 spiro atoms. The van der Waals surface area contributed by atoms with Crippen LogP contribution in [0.3, 0.4) is 0 Å². The highest BCUT2D eigenvalue weighted by molar-refractivity contribution is 8.01. The van der Waals surface area contributed by atoms with E-state index in [1.165, 1.54) is 23.1 Å². The van der Waals surface area contributed by atoms with Crippen molar-refractivity contribution in [3.63, 3.8) is 0 Å². The quantitative estimate of drug-likeness (QED) is 0.346. The summed E-state index contributed by atoms with van der Waals surface area (Å²) in [6, 6.07) is 3.98. The second-order valence-corrected chi connectivity index (χ2v) is 10.4. The number of nitrogens with one attached hydrogen (secondary N) is 1. The largest absolute Gasteiger partial charge is 0.299 e. The SMILES string of the molecule is C=CCSc1nnc(NC(=O)[C@@H](CC)N(c2cc(Cl)ccc2C)S(C)(=O)=O)s1. The Morgan fingerprint density at radius 2 is 2.18 bits per heavy atom. The molecule has 2 rings (SSSR count). The molecule has 1 N–H and O–H groups in total. The van der Waals surface area contributed by atoms with Crippen LogP contribution in [0.15, 0.2) is 35.2 Å². The molecule has 0 saturated heterocycles.